The van der Waals surface area contributed by atoms with Gasteiger partial charge < -0.3 is 10.6 Å². The molecule has 1 heterocycles. The van der Waals surface area contributed by atoms with Crippen LogP contribution in [0, 0.1) is 11.3 Å². The Labute approximate surface area is 96.5 Å². The monoisotopic (exact) mass is 215 g/mol. The summed E-state index contributed by atoms with van der Waals surface area (Å²) < 4.78 is 0. The Morgan fingerprint density at radius 3 is 2.81 bits per heavy atom. The number of nitriles is 1. The lowest BCUT2D eigenvalue weighted by atomic mass is 10.0. The summed E-state index contributed by atoms with van der Waals surface area (Å²) in [6, 6.07) is 10.6. The highest BCUT2D eigenvalue weighted by Gasteiger charge is 2.12. The van der Waals surface area contributed by atoms with Crippen LogP contribution < -0.4 is 10.6 Å². The van der Waals surface area contributed by atoms with Crippen molar-refractivity contribution in [1.82, 2.24) is 10.6 Å². The highest BCUT2D eigenvalue weighted by molar-refractivity contribution is 5.37. The predicted molar refractivity (Wildman–Crippen MR) is 63.9 cm³/mol. The molecule has 0 unspecified atom stereocenters. The van der Waals surface area contributed by atoms with Gasteiger partial charge in [0.2, 0.25) is 0 Å². The van der Waals surface area contributed by atoms with Crippen molar-refractivity contribution >= 4 is 0 Å². The molecule has 2 N–H and O–H groups in total. The number of hydrogen-bond acceptors (Lipinski definition) is 3. The van der Waals surface area contributed by atoms with E-state index in [1.165, 1.54) is 12.8 Å². The molecule has 1 aliphatic rings. The minimum absolute atomic E-state index is 0.591. The molecule has 1 aromatic rings. The summed E-state index contributed by atoms with van der Waals surface area (Å²) in [5.41, 5.74) is 1.88. The molecule has 0 radical (unpaired) electrons. The Bertz CT molecular complexity index is 375. The van der Waals surface area contributed by atoms with Crippen molar-refractivity contribution in [3.05, 3.63) is 35.4 Å². The molecule has 1 fully saturated rings. The van der Waals surface area contributed by atoms with Crippen LogP contribution in [0.5, 0.6) is 0 Å². The molecule has 0 saturated carbocycles. The molecule has 0 bridgehead atoms. The van der Waals surface area contributed by atoms with Crippen LogP contribution in [0.15, 0.2) is 24.3 Å². The minimum atomic E-state index is 0.591. The zero-order valence-corrected chi connectivity index (χ0v) is 9.37. The SMILES string of the molecule is N#Cc1ccccc1CNC1CCNCC1. The molecule has 3 nitrogen and oxygen atoms in total. The number of nitrogens with one attached hydrogen (secondary N) is 2. The molecule has 1 saturated heterocycles. The van der Waals surface area contributed by atoms with E-state index in [1.807, 2.05) is 24.3 Å². The van der Waals surface area contributed by atoms with E-state index >= 15 is 0 Å². The van der Waals surface area contributed by atoms with Crippen molar-refractivity contribution in [2.75, 3.05) is 13.1 Å². The van der Waals surface area contributed by atoms with Crippen LogP contribution in [0.2, 0.25) is 0 Å². The highest BCUT2D eigenvalue weighted by Crippen LogP contribution is 2.09. The lowest BCUT2D eigenvalue weighted by Crippen LogP contribution is -2.39. The van der Waals surface area contributed by atoms with Gasteiger partial charge in [0, 0.05) is 12.6 Å². The minimum Gasteiger partial charge on any atom is -0.317 e. The van der Waals surface area contributed by atoms with E-state index in [2.05, 4.69) is 16.7 Å². The second-order valence-corrected chi connectivity index (χ2v) is 4.17. The van der Waals surface area contributed by atoms with Gasteiger partial charge in [-0.05, 0) is 37.6 Å². The summed E-state index contributed by atoms with van der Waals surface area (Å²) >= 11 is 0. The molecule has 1 aliphatic heterocycles. The van der Waals surface area contributed by atoms with Crippen molar-refractivity contribution in [1.29, 1.82) is 5.26 Å². The summed E-state index contributed by atoms with van der Waals surface area (Å²) in [4.78, 5) is 0. The number of hydrogen-bond donors (Lipinski definition) is 2. The lowest BCUT2D eigenvalue weighted by Gasteiger charge is -2.23. The fourth-order valence-corrected chi connectivity index (χ4v) is 2.06. The predicted octanol–water partition coefficient (Wildman–Crippen LogP) is 1.40. The van der Waals surface area contributed by atoms with E-state index < -0.39 is 0 Å². The first-order chi connectivity index (χ1) is 7.90. The van der Waals surface area contributed by atoms with Gasteiger partial charge in [-0.15, -0.1) is 0 Å². The van der Waals surface area contributed by atoms with Gasteiger partial charge in [-0.2, -0.15) is 5.26 Å². The average Bonchev–Trinajstić information content (AvgIpc) is 2.38. The van der Waals surface area contributed by atoms with E-state index in [0.717, 1.165) is 30.8 Å². The lowest BCUT2D eigenvalue weighted by molar-refractivity contribution is 0.386. The number of nitrogens with zero attached hydrogens (tertiary/aromatic N) is 1. The molecule has 0 atom stereocenters. The van der Waals surface area contributed by atoms with Gasteiger partial charge in [-0.1, -0.05) is 18.2 Å². The third-order valence-corrected chi connectivity index (χ3v) is 3.06. The van der Waals surface area contributed by atoms with Gasteiger partial charge in [-0.25, -0.2) is 0 Å². The van der Waals surface area contributed by atoms with E-state index in [-0.39, 0.29) is 0 Å². The number of benzene rings is 1. The maximum absolute atomic E-state index is 8.97. The van der Waals surface area contributed by atoms with Gasteiger partial charge in [0.25, 0.3) is 0 Å². The molecule has 2 rings (SSSR count). The van der Waals surface area contributed by atoms with Crippen LogP contribution in [-0.4, -0.2) is 19.1 Å². The van der Waals surface area contributed by atoms with Gasteiger partial charge in [0.05, 0.1) is 11.6 Å². The zero-order valence-electron chi connectivity index (χ0n) is 9.37. The second kappa shape index (κ2) is 5.64. The Kier molecular flexibility index (Phi) is 3.92. The Hall–Kier alpha value is -1.37. The van der Waals surface area contributed by atoms with Gasteiger partial charge >= 0.3 is 0 Å². The van der Waals surface area contributed by atoms with Gasteiger partial charge in [0.1, 0.15) is 0 Å². The molecule has 0 spiro atoms. The summed E-state index contributed by atoms with van der Waals surface area (Å²) in [7, 11) is 0. The van der Waals surface area contributed by atoms with Crippen LogP contribution in [0.4, 0.5) is 0 Å². The first-order valence-electron chi connectivity index (χ1n) is 5.82. The van der Waals surface area contributed by atoms with Crippen molar-refractivity contribution < 1.29 is 0 Å². The largest absolute Gasteiger partial charge is 0.317 e. The molecule has 16 heavy (non-hydrogen) atoms. The molecule has 1 aromatic carbocycles. The molecular weight excluding hydrogens is 198 g/mol. The highest BCUT2D eigenvalue weighted by atomic mass is 15.0. The van der Waals surface area contributed by atoms with Gasteiger partial charge in [-0.3, -0.25) is 0 Å². The summed E-state index contributed by atoms with van der Waals surface area (Å²) in [6.07, 6.45) is 2.35. The van der Waals surface area contributed by atoms with Crippen molar-refractivity contribution in [2.24, 2.45) is 0 Å². The summed E-state index contributed by atoms with van der Waals surface area (Å²) in [5.74, 6) is 0. The third kappa shape index (κ3) is 2.82. The Morgan fingerprint density at radius 2 is 2.06 bits per heavy atom. The maximum Gasteiger partial charge on any atom is 0.0995 e. The molecule has 84 valence electrons. The van der Waals surface area contributed by atoms with E-state index in [4.69, 9.17) is 5.26 Å². The zero-order chi connectivity index (χ0) is 11.2. The van der Waals surface area contributed by atoms with Crippen LogP contribution in [0.1, 0.15) is 24.0 Å². The third-order valence-electron chi connectivity index (χ3n) is 3.06. The molecule has 0 amide bonds. The standard InChI is InChI=1S/C13H17N3/c14-9-11-3-1-2-4-12(11)10-16-13-5-7-15-8-6-13/h1-4,13,15-16H,5-8,10H2. The second-order valence-electron chi connectivity index (χ2n) is 4.17. The maximum atomic E-state index is 8.97. The summed E-state index contributed by atoms with van der Waals surface area (Å²) in [6.45, 7) is 2.99. The van der Waals surface area contributed by atoms with Crippen LogP contribution in [0.25, 0.3) is 0 Å². The average molecular weight is 215 g/mol. The quantitative estimate of drug-likeness (QED) is 0.801. The van der Waals surface area contributed by atoms with E-state index in [0.29, 0.717) is 6.04 Å². The normalized spacial score (nSPS) is 16.9. The van der Waals surface area contributed by atoms with Crippen LogP contribution in [-0.2, 0) is 6.54 Å². The molecule has 0 aromatic heterocycles. The van der Waals surface area contributed by atoms with Crippen molar-refractivity contribution in [3.63, 3.8) is 0 Å². The Balaban J connectivity index is 1.91. The number of rotatable bonds is 3. The first-order valence-corrected chi connectivity index (χ1v) is 5.82. The summed E-state index contributed by atoms with van der Waals surface area (Å²) in [5, 5.41) is 15.8. The van der Waals surface area contributed by atoms with E-state index in [1.54, 1.807) is 0 Å². The van der Waals surface area contributed by atoms with Crippen LogP contribution in [0.3, 0.4) is 0 Å². The molecule has 0 aliphatic carbocycles. The number of piperidine rings is 1. The van der Waals surface area contributed by atoms with Crippen molar-refractivity contribution in [3.8, 4) is 6.07 Å². The molecular formula is C13H17N3. The topological polar surface area (TPSA) is 47.9 Å². The fourth-order valence-electron chi connectivity index (χ4n) is 2.06. The van der Waals surface area contributed by atoms with Crippen molar-refractivity contribution in [2.45, 2.75) is 25.4 Å². The van der Waals surface area contributed by atoms with Gasteiger partial charge in [0.15, 0.2) is 0 Å². The van der Waals surface area contributed by atoms with E-state index in [9.17, 15) is 0 Å². The smallest absolute Gasteiger partial charge is 0.0995 e. The first kappa shape index (κ1) is 11.1. The molecule has 3 heteroatoms. The Morgan fingerprint density at radius 1 is 1.31 bits per heavy atom. The van der Waals surface area contributed by atoms with Crippen LogP contribution >= 0.6 is 0 Å². The fraction of sp³-hybridized carbons (Fsp3) is 0.462.